The van der Waals surface area contributed by atoms with Gasteiger partial charge in [0.25, 0.3) is 11.8 Å². The zero-order valence-electron chi connectivity index (χ0n) is 13.7. The van der Waals surface area contributed by atoms with E-state index in [2.05, 4.69) is 10.6 Å². The zero-order valence-corrected chi connectivity index (χ0v) is 13.7. The molecule has 0 saturated carbocycles. The minimum atomic E-state index is -0.328. The van der Waals surface area contributed by atoms with Crippen LogP contribution in [0.4, 0.5) is 5.69 Å². The number of carbonyl (C=O) groups excluding carboxylic acids is 2. The third-order valence-corrected chi connectivity index (χ3v) is 3.58. The molecule has 2 N–H and O–H groups in total. The van der Waals surface area contributed by atoms with Crippen LogP contribution in [0.3, 0.4) is 0 Å². The van der Waals surface area contributed by atoms with Gasteiger partial charge in [-0.25, -0.2) is 0 Å². The summed E-state index contributed by atoms with van der Waals surface area (Å²) in [5.74, 6) is 1.22. The van der Waals surface area contributed by atoms with E-state index in [9.17, 15) is 9.59 Å². The molecule has 1 aliphatic heterocycles. The average Bonchev–Trinajstić information content (AvgIpc) is 2.82. The molecule has 1 aliphatic rings. The molecule has 130 valence electrons. The van der Waals surface area contributed by atoms with Crippen LogP contribution in [0.1, 0.15) is 10.4 Å². The number of ether oxygens (including phenoxy) is 3. The van der Waals surface area contributed by atoms with Crippen LogP contribution in [-0.4, -0.2) is 38.7 Å². The van der Waals surface area contributed by atoms with Crippen LogP contribution in [0, 0.1) is 0 Å². The van der Waals surface area contributed by atoms with Crippen molar-refractivity contribution in [3.8, 4) is 17.2 Å². The van der Waals surface area contributed by atoms with Gasteiger partial charge < -0.3 is 24.8 Å². The van der Waals surface area contributed by atoms with Crippen molar-refractivity contribution in [1.29, 1.82) is 0 Å². The fourth-order valence-corrected chi connectivity index (χ4v) is 2.35. The van der Waals surface area contributed by atoms with Crippen LogP contribution < -0.4 is 24.8 Å². The number of benzene rings is 2. The highest BCUT2D eigenvalue weighted by atomic mass is 16.5. The lowest BCUT2D eigenvalue weighted by atomic mass is 10.1. The molecule has 2 aromatic rings. The molecule has 7 nitrogen and oxygen atoms in total. The van der Waals surface area contributed by atoms with E-state index in [4.69, 9.17) is 14.2 Å². The Morgan fingerprint density at radius 3 is 2.72 bits per heavy atom. The highest BCUT2D eigenvalue weighted by Gasteiger charge is 2.17. The smallest absolute Gasteiger partial charge is 0.262 e. The summed E-state index contributed by atoms with van der Waals surface area (Å²) in [6, 6.07) is 11.9. The van der Waals surface area contributed by atoms with Crippen LogP contribution in [-0.2, 0) is 4.79 Å². The molecule has 0 fully saturated rings. The molecule has 2 aromatic carbocycles. The summed E-state index contributed by atoms with van der Waals surface area (Å²) >= 11 is 0. The molecule has 0 aliphatic carbocycles. The highest BCUT2D eigenvalue weighted by molar-refractivity contribution is 5.99. The number of methoxy groups -OCH3 is 1. The Balaban J connectivity index is 1.60. The number of hydrogen-bond acceptors (Lipinski definition) is 5. The van der Waals surface area contributed by atoms with Gasteiger partial charge in [0.15, 0.2) is 6.61 Å². The Kier molecular flexibility index (Phi) is 5.03. The second kappa shape index (κ2) is 7.57. The van der Waals surface area contributed by atoms with E-state index in [0.29, 0.717) is 41.7 Å². The average molecular weight is 342 g/mol. The van der Waals surface area contributed by atoms with Crippen LogP contribution in [0.25, 0.3) is 0 Å². The lowest BCUT2D eigenvalue weighted by Crippen LogP contribution is -2.24. The maximum absolute atomic E-state index is 12.0. The van der Waals surface area contributed by atoms with Crippen molar-refractivity contribution < 1.29 is 23.8 Å². The quantitative estimate of drug-likeness (QED) is 0.866. The molecule has 0 bridgehead atoms. The number of nitrogens with one attached hydrogen (secondary N) is 2. The number of carbonyl (C=O) groups is 2. The van der Waals surface area contributed by atoms with Gasteiger partial charge in [0.05, 0.1) is 19.2 Å². The van der Waals surface area contributed by atoms with Crippen LogP contribution >= 0.6 is 0 Å². The zero-order chi connectivity index (χ0) is 17.6. The number of rotatable bonds is 5. The highest BCUT2D eigenvalue weighted by Crippen LogP contribution is 2.24. The second-order valence-corrected chi connectivity index (χ2v) is 5.33. The Morgan fingerprint density at radius 1 is 1.20 bits per heavy atom. The topological polar surface area (TPSA) is 85.9 Å². The molecular formula is C18H18N2O5. The summed E-state index contributed by atoms with van der Waals surface area (Å²) in [5, 5.41) is 5.43. The lowest BCUT2D eigenvalue weighted by molar-refractivity contribution is -0.118. The first-order chi connectivity index (χ1) is 12.2. The third-order valence-electron chi connectivity index (χ3n) is 3.58. The minimum Gasteiger partial charge on any atom is -0.497 e. The van der Waals surface area contributed by atoms with Gasteiger partial charge in [-0.2, -0.15) is 0 Å². The number of fused-ring (bicyclic) bond motifs is 1. The molecule has 0 saturated heterocycles. The number of anilines is 1. The molecule has 0 radical (unpaired) electrons. The third kappa shape index (κ3) is 4.20. The van der Waals surface area contributed by atoms with Gasteiger partial charge in [-0.05, 0) is 42.5 Å². The summed E-state index contributed by atoms with van der Waals surface area (Å²) in [7, 11) is 1.58. The standard InChI is InChI=1S/C18H18N2O5/c1-23-13-3-5-14(6-4-13)25-11-17(21)20-12-2-7-16-15(10-12)18(22)19-8-9-24-16/h2-7,10H,8-9,11H2,1H3,(H,19,22)(H,20,21). The maximum atomic E-state index is 12.0. The van der Waals surface area contributed by atoms with Crippen molar-refractivity contribution in [2.45, 2.75) is 0 Å². The van der Waals surface area contributed by atoms with E-state index in [1.54, 1.807) is 49.6 Å². The van der Waals surface area contributed by atoms with Crippen LogP contribution in [0.5, 0.6) is 17.2 Å². The van der Waals surface area contributed by atoms with E-state index in [0.717, 1.165) is 0 Å². The second-order valence-electron chi connectivity index (χ2n) is 5.33. The predicted octanol–water partition coefficient (Wildman–Crippen LogP) is 1.83. The molecule has 0 atom stereocenters. The van der Waals surface area contributed by atoms with Crippen molar-refractivity contribution in [3.05, 3.63) is 48.0 Å². The Morgan fingerprint density at radius 2 is 1.96 bits per heavy atom. The van der Waals surface area contributed by atoms with Crippen molar-refractivity contribution >= 4 is 17.5 Å². The Labute approximate surface area is 144 Å². The lowest BCUT2D eigenvalue weighted by Gasteiger charge is -2.10. The minimum absolute atomic E-state index is 0.147. The van der Waals surface area contributed by atoms with E-state index in [1.807, 2.05) is 0 Å². The monoisotopic (exact) mass is 342 g/mol. The van der Waals surface area contributed by atoms with Crippen molar-refractivity contribution in [2.75, 3.05) is 32.2 Å². The fourth-order valence-electron chi connectivity index (χ4n) is 2.35. The number of hydrogen-bond donors (Lipinski definition) is 2. The maximum Gasteiger partial charge on any atom is 0.262 e. The molecule has 1 heterocycles. The first-order valence-electron chi connectivity index (χ1n) is 7.77. The SMILES string of the molecule is COc1ccc(OCC(=O)Nc2ccc3c(c2)C(=O)NCCO3)cc1. The van der Waals surface area contributed by atoms with E-state index in [-0.39, 0.29) is 18.4 Å². The van der Waals surface area contributed by atoms with E-state index >= 15 is 0 Å². The summed E-state index contributed by atoms with van der Waals surface area (Å²) < 4.78 is 16.0. The first kappa shape index (κ1) is 16.6. The van der Waals surface area contributed by atoms with Crippen molar-refractivity contribution in [3.63, 3.8) is 0 Å². The van der Waals surface area contributed by atoms with Crippen LogP contribution in [0.2, 0.25) is 0 Å². The first-order valence-corrected chi connectivity index (χ1v) is 7.77. The van der Waals surface area contributed by atoms with Crippen molar-refractivity contribution in [2.24, 2.45) is 0 Å². The van der Waals surface area contributed by atoms with Gasteiger partial charge in [0, 0.05) is 5.69 Å². The molecule has 2 amide bonds. The van der Waals surface area contributed by atoms with Gasteiger partial charge in [-0.3, -0.25) is 9.59 Å². The van der Waals surface area contributed by atoms with Crippen LogP contribution in [0.15, 0.2) is 42.5 Å². The van der Waals surface area contributed by atoms with Gasteiger partial charge in [0.1, 0.15) is 23.9 Å². The van der Waals surface area contributed by atoms with E-state index < -0.39 is 0 Å². The van der Waals surface area contributed by atoms with Gasteiger partial charge >= 0.3 is 0 Å². The van der Waals surface area contributed by atoms with Crippen molar-refractivity contribution in [1.82, 2.24) is 5.32 Å². The van der Waals surface area contributed by atoms with E-state index in [1.165, 1.54) is 0 Å². The molecular weight excluding hydrogens is 324 g/mol. The predicted molar refractivity (Wildman–Crippen MR) is 91.4 cm³/mol. The normalized spacial score (nSPS) is 12.9. The summed E-state index contributed by atoms with van der Waals surface area (Å²) in [4.78, 5) is 24.0. The molecule has 25 heavy (non-hydrogen) atoms. The molecule has 0 unspecified atom stereocenters. The largest absolute Gasteiger partial charge is 0.497 e. The Bertz CT molecular complexity index is 774. The number of amides is 2. The molecule has 0 spiro atoms. The molecule has 7 heteroatoms. The summed E-state index contributed by atoms with van der Waals surface area (Å²) in [5.41, 5.74) is 0.897. The fraction of sp³-hybridized carbons (Fsp3) is 0.222. The van der Waals surface area contributed by atoms with Gasteiger partial charge in [-0.1, -0.05) is 0 Å². The molecule has 3 rings (SSSR count). The molecule has 0 aromatic heterocycles. The van der Waals surface area contributed by atoms with Gasteiger partial charge in [-0.15, -0.1) is 0 Å². The Hall–Kier alpha value is -3.22. The summed E-state index contributed by atoms with van der Waals surface area (Å²) in [6.45, 7) is 0.719. The summed E-state index contributed by atoms with van der Waals surface area (Å²) in [6.07, 6.45) is 0. The van der Waals surface area contributed by atoms with Gasteiger partial charge in [0.2, 0.25) is 0 Å².